The van der Waals surface area contributed by atoms with E-state index in [1.54, 1.807) is 0 Å². The lowest BCUT2D eigenvalue weighted by atomic mass is 9.85. The summed E-state index contributed by atoms with van der Waals surface area (Å²) in [5.41, 5.74) is 10.9. The molecule has 0 atom stereocenters. The first kappa shape index (κ1) is 11.2. The highest BCUT2D eigenvalue weighted by Crippen LogP contribution is 2.63. The van der Waals surface area contributed by atoms with Crippen LogP contribution in [0.2, 0.25) is 0 Å². The lowest BCUT2D eigenvalue weighted by Crippen LogP contribution is -2.37. The third-order valence-electron chi connectivity index (χ3n) is 5.04. The van der Waals surface area contributed by atoms with Crippen molar-refractivity contribution in [1.82, 2.24) is 0 Å². The Hall–Kier alpha value is -1.60. The number of hydrogen-bond acceptors (Lipinski definition) is 1. The molecular formula is C18H19N. The molecule has 2 aromatic carbocycles. The molecule has 0 aromatic heterocycles. The van der Waals surface area contributed by atoms with Crippen LogP contribution < -0.4 is 5.73 Å². The van der Waals surface area contributed by atoms with Crippen molar-refractivity contribution in [2.24, 2.45) is 5.73 Å². The fourth-order valence-corrected chi connectivity index (χ4v) is 3.42. The van der Waals surface area contributed by atoms with E-state index in [0.717, 1.165) is 0 Å². The molecule has 96 valence electrons. The molecule has 0 spiro atoms. The molecule has 0 amide bonds. The first-order valence-electron chi connectivity index (χ1n) is 7.18. The maximum atomic E-state index is 6.47. The minimum atomic E-state index is 0.112. The molecule has 2 aliphatic carbocycles. The Labute approximate surface area is 114 Å². The average Bonchev–Trinajstić information content (AvgIpc) is 3.36. The van der Waals surface area contributed by atoms with Crippen LogP contribution >= 0.6 is 0 Å². The lowest BCUT2D eigenvalue weighted by Gasteiger charge is -2.23. The first-order valence-corrected chi connectivity index (χ1v) is 7.18. The van der Waals surface area contributed by atoms with Crippen molar-refractivity contribution in [2.45, 2.75) is 36.6 Å². The minimum absolute atomic E-state index is 0.112. The number of nitrogens with two attached hydrogens (primary N) is 1. The Balaban J connectivity index is 1.67. The summed E-state index contributed by atoms with van der Waals surface area (Å²) in [6.07, 6.45) is 4.95. The van der Waals surface area contributed by atoms with Gasteiger partial charge in [-0.25, -0.2) is 0 Å². The molecule has 0 aliphatic heterocycles. The van der Waals surface area contributed by atoms with Crippen LogP contribution in [0.4, 0.5) is 0 Å². The molecule has 2 N–H and O–H groups in total. The molecule has 0 bridgehead atoms. The molecule has 2 fully saturated rings. The van der Waals surface area contributed by atoms with Gasteiger partial charge >= 0.3 is 0 Å². The monoisotopic (exact) mass is 249 g/mol. The molecule has 2 saturated carbocycles. The van der Waals surface area contributed by atoms with Crippen molar-refractivity contribution in [3.05, 3.63) is 60.2 Å². The van der Waals surface area contributed by atoms with Gasteiger partial charge in [0, 0.05) is 11.0 Å². The predicted molar refractivity (Wildman–Crippen MR) is 78.9 cm³/mol. The predicted octanol–water partition coefficient (Wildman–Crippen LogP) is 3.88. The van der Waals surface area contributed by atoms with Crippen LogP contribution in [-0.4, -0.2) is 5.54 Å². The van der Waals surface area contributed by atoms with Gasteiger partial charge in [0.05, 0.1) is 0 Å². The maximum absolute atomic E-state index is 6.47. The van der Waals surface area contributed by atoms with E-state index in [-0.39, 0.29) is 5.54 Å². The molecule has 0 heterocycles. The van der Waals surface area contributed by atoms with E-state index in [9.17, 15) is 0 Å². The summed E-state index contributed by atoms with van der Waals surface area (Å²) in [6.45, 7) is 0. The van der Waals surface area contributed by atoms with Gasteiger partial charge in [0.15, 0.2) is 0 Å². The van der Waals surface area contributed by atoms with E-state index < -0.39 is 0 Å². The van der Waals surface area contributed by atoms with Crippen molar-refractivity contribution < 1.29 is 0 Å². The quantitative estimate of drug-likeness (QED) is 0.877. The van der Waals surface area contributed by atoms with Gasteiger partial charge in [-0.3, -0.25) is 0 Å². The van der Waals surface area contributed by atoms with Crippen LogP contribution in [0.1, 0.15) is 31.2 Å². The summed E-state index contributed by atoms with van der Waals surface area (Å²) in [4.78, 5) is 0. The Kier molecular flexibility index (Phi) is 2.19. The fourth-order valence-electron chi connectivity index (χ4n) is 3.42. The topological polar surface area (TPSA) is 26.0 Å². The molecule has 1 nitrogen and oxygen atoms in total. The van der Waals surface area contributed by atoms with Crippen molar-refractivity contribution in [1.29, 1.82) is 0 Å². The Morgan fingerprint density at radius 1 is 0.684 bits per heavy atom. The summed E-state index contributed by atoms with van der Waals surface area (Å²) in [7, 11) is 0. The van der Waals surface area contributed by atoms with Gasteiger partial charge in [0.25, 0.3) is 0 Å². The molecular weight excluding hydrogens is 230 g/mol. The van der Waals surface area contributed by atoms with E-state index in [4.69, 9.17) is 5.73 Å². The number of rotatable bonds is 3. The van der Waals surface area contributed by atoms with Crippen LogP contribution in [-0.2, 0) is 5.41 Å². The van der Waals surface area contributed by atoms with E-state index in [0.29, 0.717) is 5.41 Å². The third-order valence-corrected chi connectivity index (χ3v) is 5.04. The molecule has 0 radical (unpaired) electrons. The Bertz CT molecular complexity index is 589. The Morgan fingerprint density at radius 2 is 1.26 bits per heavy atom. The van der Waals surface area contributed by atoms with Crippen molar-refractivity contribution in [3.63, 3.8) is 0 Å². The van der Waals surface area contributed by atoms with Crippen LogP contribution in [0.15, 0.2) is 54.6 Å². The normalized spacial score (nSPS) is 21.9. The fraction of sp³-hybridized carbons (Fsp3) is 0.333. The lowest BCUT2D eigenvalue weighted by molar-refractivity contribution is 0.503. The second-order valence-corrected chi connectivity index (χ2v) is 6.18. The van der Waals surface area contributed by atoms with Crippen LogP contribution in [0.5, 0.6) is 0 Å². The highest BCUT2D eigenvalue weighted by atomic mass is 14.9. The van der Waals surface area contributed by atoms with Crippen molar-refractivity contribution in [3.8, 4) is 11.1 Å². The molecule has 0 unspecified atom stereocenters. The molecule has 4 rings (SSSR count). The summed E-state index contributed by atoms with van der Waals surface area (Å²) in [6, 6.07) is 19.6. The second kappa shape index (κ2) is 3.71. The average molecular weight is 249 g/mol. The zero-order valence-electron chi connectivity index (χ0n) is 11.1. The summed E-state index contributed by atoms with van der Waals surface area (Å²) < 4.78 is 0. The number of hydrogen-bond donors (Lipinski definition) is 1. The minimum Gasteiger partial charge on any atom is -0.324 e. The standard InChI is InChI=1S/C18H19N/c19-18(12-13-18)17(10-11-17)16-8-6-15(7-9-16)14-4-2-1-3-5-14/h1-9H,10-13,19H2. The van der Waals surface area contributed by atoms with Gasteiger partial charge in [-0.2, -0.15) is 0 Å². The summed E-state index contributed by atoms with van der Waals surface area (Å²) in [5.74, 6) is 0. The van der Waals surface area contributed by atoms with Crippen LogP contribution in [0.25, 0.3) is 11.1 Å². The van der Waals surface area contributed by atoms with Crippen molar-refractivity contribution >= 4 is 0 Å². The molecule has 2 aromatic rings. The van der Waals surface area contributed by atoms with Crippen LogP contribution in [0, 0.1) is 0 Å². The molecule has 0 saturated heterocycles. The smallest absolute Gasteiger partial charge is 0.0253 e. The zero-order valence-corrected chi connectivity index (χ0v) is 11.1. The van der Waals surface area contributed by atoms with Crippen LogP contribution in [0.3, 0.4) is 0 Å². The van der Waals surface area contributed by atoms with Crippen molar-refractivity contribution in [2.75, 3.05) is 0 Å². The second-order valence-electron chi connectivity index (χ2n) is 6.18. The van der Waals surface area contributed by atoms with Gasteiger partial charge in [-0.05, 0) is 42.4 Å². The van der Waals surface area contributed by atoms with Gasteiger partial charge < -0.3 is 5.73 Å². The third kappa shape index (κ3) is 1.65. The van der Waals surface area contributed by atoms with E-state index in [1.807, 2.05) is 0 Å². The summed E-state index contributed by atoms with van der Waals surface area (Å²) >= 11 is 0. The summed E-state index contributed by atoms with van der Waals surface area (Å²) in [5, 5.41) is 0. The molecule has 19 heavy (non-hydrogen) atoms. The molecule has 1 heteroatoms. The van der Waals surface area contributed by atoms with E-state index in [1.165, 1.54) is 42.4 Å². The van der Waals surface area contributed by atoms with Gasteiger partial charge in [-0.15, -0.1) is 0 Å². The van der Waals surface area contributed by atoms with Gasteiger partial charge in [-0.1, -0.05) is 54.6 Å². The van der Waals surface area contributed by atoms with E-state index >= 15 is 0 Å². The maximum Gasteiger partial charge on any atom is 0.0253 e. The highest BCUT2D eigenvalue weighted by Gasteiger charge is 2.63. The Morgan fingerprint density at radius 3 is 1.79 bits per heavy atom. The van der Waals surface area contributed by atoms with Gasteiger partial charge in [0.2, 0.25) is 0 Å². The zero-order chi connectivity index (χ0) is 12.9. The SMILES string of the molecule is NC1(C2(c3ccc(-c4ccccc4)cc3)CC2)CC1. The number of benzene rings is 2. The largest absolute Gasteiger partial charge is 0.324 e. The highest BCUT2D eigenvalue weighted by molar-refractivity contribution is 5.64. The molecule has 2 aliphatic rings. The first-order chi connectivity index (χ1) is 9.24. The van der Waals surface area contributed by atoms with E-state index in [2.05, 4.69) is 54.6 Å². The van der Waals surface area contributed by atoms with Gasteiger partial charge in [0.1, 0.15) is 0 Å².